The molecule has 2 aromatic carbocycles. The minimum Gasteiger partial charge on any atom is -0.484 e. The Morgan fingerprint density at radius 2 is 1.97 bits per heavy atom. The summed E-state index contributed by atoms with van der Waals surface area (Å²) in [6.07, 6.45) is 4.46. The Balaban J connectivity index is 1.36. The van der Waals surface area contributed by atoms with E-state index in [1.807, 2.05) is 30.5 Å². The molecule has 178 valence electrons. The molecule has 0 unspecified atom stereocenters. The Morgan fingerprint density at radius 3 is 2.79 bits per heavy atom. The number of fused-ring (bicyclic) bond motifs is 1. The van der Waals surface area contributed by atoms with Gasteiger partial charge in [0.25, 0.3) is 5.91 Å². The lowest BCUT2D eigenvalue weighted by atomic mass is 9.96. The fourth-order valence-corrected chi connectivity index (χ4v) is 4.28. The molecule has 0 spiro atoms. The lowest BCUT2D eigenvalue weighted by Gasteiger charge is -2.33. The van der Waals surface area contributed by atoms with Gasteiger partial charge in [-0.2, -0.15) is 0 Å². The third-order valence-electron chi connectivity index (χ3n) is 5.95. The summed E-state index contributed by atoms with van der Waals surface area (Å²) in [7, 11) is 0. The van der Waals surface area contributed by atoms with Gasteiger partial charge in [-0.15, -0.1) is 0 Å². The summed E-state index contributed by atoms with van der Waals surface area (Å²) in [5, 5.41) is 5.08. The Bertz CT molecular complexity index is 1130. The van der Waals surface area contributed by atoms with Crippen molar-refractivity contribution < 1.29 is 19.1 Å². The van der Waals surface area contributed by atoms with Gasteiger partial charge in [0.15, 0.2) is 6.61 Å². The molecule has 3 aromatic rings. The van der Waals surface area contributed by atoms with E-state index in [9.17, 15) is 9.59 Å². The van der Waals surface area contributed by atoms with E-state index in [4.69, 9.17) is 9.47 Å². The lowest BCUT2D eigenvalue weighted by Crippen LogP contribution is -2.57. The summed E-state index contributed by atoms with van der Waals surface area (Å²) in [6, 6.07) is 17.5. The first-order valence-corrected chi connectivity index (χ1v) is 11.6. The van der Waals surface area contributed by atoms with Crippen LogP contribution < -0.4 is 10.1 Å². The number of carbonyl (C=O) groups is 2. The first kappa shape index (κ1) is 23.7. The second-order valence-electron chi connectivity index (χ2n) is 9.23. The van der Waals surface area contributed by atoms with E-state index in [0.717, 1.165) is 17.2 Å². The fraction of sp³-hybridized carbons (Fsp3) is 0.370. The molecular weight excluding hydrogens is 430 g/mol. The van der Waals surface area contributed by atoms with E-state index in [2.05, 4.69) is 28.5 Å². The number of hydrogen-bond donors (Lipinski definition) is 1. The van der Waals surface area contributed by atoms with Gasteiger partial charge < -0.3 is 19.7 Å². The molecule has 0 aliphatic carbocycles. The monoisotopic (exact) mass is 461 g/mol. The standard InChI is InChI=1S/C27H31N3O4/c1-27(2,29-25(31)19-34-24-6-4-3-5-7-24)26(32)30-12-13-33-18-21(17-30)14-20-8-9-23-16-28-11-10-22(23)15-20/h3-11,15-16,21H,12-14,17-19H2,1-2H3,(H,29,31)/t21-/m0/s1. The SMILES string of the molecule is CC(C)(NC(=O)COc1ccccc1)C(=O)N1CCOC[C@@H](Cc2ccc3cnccc3c2)C1. The number of carbonyl (C=O) groups excluding carboxylic acids is 2. The number of aromatic nitrogens is 1. The molecule has 34 heavy (non-hydrogen) atoms. The van der Waals surface area contributed by atoms with Crippen LogP contribution in [0.1, 0.15) is 19.4 Å². The summed E-state index contributed by atoms with van der Waals surface area (Å²) >= 11 is 0. The Morgan fingerprint density at radius 1 is 1.15 bits per heavy atom. The number of para-hydroxylation sites is 1. The number of nitrogens with zero attached hydrogens (tertiary/aromatic N) is 2. The summed E-state index contributed by atoms with van der Waals surface area (Å²) in [4.78, 5) is 31.8. The van der Waals surface area contributed by atoms with Gasteiger partial charge in [-0.25, -0.2) is 0 Å². The van der Waals surface area contributed by atoms with Crippen LogP contribution in [0.2, 0.25) is 0 Å². The molecule has 1 aromatic heterocycles. The van der Waals surface area contributed by atoms with Crippen molar-refractivity contribution in [2.45, 2.75) is 25.8 Å². The minimum absolute atomic E-state index is 0.124. The van der Waals surface area contributed by atoms with Crippen molar-refractivity contribution in [3.63, 3.8) is 0 Å². The first-order valence-electron chi connectivity index (χ1n) is 11.6. The average molecular weight is 462 g/mol. The summed E-state index contributed by atoms with van der Waals surface area (Å²) in [5.41, 5.74) is 0.148. The van der Waals surface area contributed by atoms with Crippen LogP contribution >= 0.6 is 0 Å². The van der Waals surface area contributed by atoms with Crippen molar-refractivity contribution in [2.75, 3.05) is 32.9 Å². The summed E-state index contributed by atoms with van der Waals surface area (Å²) in [6.45, 7) is 5.46. The van der Waals surface area contributed by atoms with Crippen molar-refractivity contribution >= 4 is 22.6 Å². The van der Waals surface area contributed by atoms with Crippen LogP contribution in [0.4, 0.5) is 0 Å². The predicted octanol–water partition coefficient (Wildman–Crippen LogP) is 3.23. The van der Waals surface area contributed by atoms with E-state index in [1.54, 1.807) is 37.1 Å². The molecule has 1 atom stereocenters. The number of amides is 2. The Hall–Kier alpha value is -3.45. The molecule has 1 saturated heterocycles. The van der Waals surface area contributed by atoms with Crippen molar-refractivity contribution in [2.24, 2.45) is 5.92 Å². The van der Waals surface area contributed by atoms with Crippen molar-refractivity contribution in [1.82, 2.24) is 15.2 Å². The van der Waals surface area contributed by atoms with Gasteiger partial charge in [0.1, 0.15) is 11.3 Å². The predicted molar refractivity (Wildman–Crippen MR) is 130 cm³/mol. The fourth-order valence-electron chi connectivity index (χ4n) is 4.28. The third-order valence-corrected chi connectivity index (χ3v) is 5.95. The van der Waals surface area contributed by atoms with Gasteiger partial charge in [-0.05, 0) is 49.4 Å². The third kappa shape index (κ3) is 6.11. The van der Waals surface area contributed by atoms with Crippen LogP contribution in [0, 0.1) is 5.92 Å². The van der Waals surface area contributed by atoms with Gasteiger partial charge in [0.05, 0.1) is 13.2 Å². The average Bonchev–Trinajstić information content (AvgIpc) is 3.08. The molecule has 1 fully saturated rings. The van der Waals surface area contributed by atoms with E-state index in [1.165, 1.54) is 5.56 Å². The van der Waals surface area contributed by atoms with E-state index >= 15 is 0 Å². The number of nitrogens with one attached hydrogen (secondary N) is 1. The molecule has 1 aliphatic heterocycles. The second-order valence-corrected chi connectivity index (χ2v) is 9.23. The zero-order chi connectivity index (χ0) is 24.0. The van der Waals surface area contributed by atoms with Gasteiger partial charge in [-0.3, -0.25) is 14.6 Å². The quantitative estimate of drug-likeness (QED) is 0.584. The van der Waals surface area contributed by atoms with Crippen molar-refractivity contribution in [3.8, 4) is 5.75 Å². The van der Waals surface area contributed by atoms with Crippen LogP contribution in [0.5, 0.6) is 5.75 Å². The van der Waals surface area contributed by atoms with Crippen LogP contribution in [0.25, 0.3) is 10.8 Å². The zero-order valence-corrected chi connectivity index (χ0v) is 19.7. The normalized spacial score (nSPS) is 16.6. The Labute approximate surface area is 200 Å². The molecule has 2 heterocycles. The highest BCUT2D eigenvalue weighted by Crippen LogP contribution is 2.20. The number of benzene rings is 2. The summed E-state index contributed by atoms with van der Waals surface area (Å²) in [5.74, 6) is 0.314. The van der Waals surface area contributed by atoms with Gasteiger partial charge in [-0.1, -0.05) is 36.4 Å². The highest BCUT2D eigenvalue weighted by atomic mass is 16.5. The number of pyridine rings is 1. The van der Waals surface area contributed by atoms with Gasteiger partial charge in [0, 0.05) is 36.8 Å². The van der Waals surface area contributed by atoms with Crippen LogP contribution in [-0.4, -0.2) is 60.1 Å². The Kier molecular flexibility index (Phi) is 7.43. The molecular formula is C27H31N3O4. The van der Waals surface area contributed by atoms with E-state index in [0.29, 0.717) is 32.1 Å². The maximum atomic E-state index is 13.4. The lowest BCUT2D eigenvalue weighted by molar-refractivity contribution is -0.141. The highest BCUT2D eigenvalue weighted by Gasteiger charge is 2.35. The zero-order valence-electron chi connectivity index (χ0n) is 19.7. The molecule has 7 nitrogen and oxygen atoms in total. The largest absolute Gasteiger partial charge is 0.484 e. The maximum Gasteiger partial charge on any atom is 0.258 e. The molecule has 0 saturated carbocycles. The minimum atomic E-state index is -1.05. The maximum absolute atomic E-state index is 13.4. The number of rotatable bonds is 7. The first-order chi connectivity index (χ1) is 16.4. The highest BCUT2D eigenvalue weighted by molar-refractivity contribution is 5.91. The van der Waals surface area contributed by atoms with E-state index in [-0.39, 0.29) is 24.3 Å². The molecule has 7 heteroatoms. The smallest absolute Gasteiger partial charge is 0.258 e. The van der Waals surface area contributed by atoms with E-state index < -0.39 is 5.54 Å². The number of hydrogen-bond acceptors (Lipinski definition) is 5. The van der Waals surface area contributed by atoms with Crippen LogP contribution in [0.15, 0.2) is 67.0 Å². The molecule has 2 amide bonds. The topological polar surface area (TPSA) is 80.8 Å². The van der Waals surface area contributed by atoms with Gasteiger partial charge >= 0.3 is 0 Å². The second kappa shape index (κ2) is 10.7. The molecule has 0 radical (unpaired) electrons. The molecule has 1 N–H and O–H groups in total. The summed E-state index contributed by atoms with van der Waals surface area (Å²) < 4.78 is 11.3. The molecule has 1 aliphatic rings. The van der Waals surface area contributed by atoms with Crippen molar-refractivity contribution in [3.05, 3.63) is 72.6 Å². The van der Waals surface area contributed by atoms with Gasteiger partial charge in [0.2, 0.25) is 5.91 Å². The van der Waals surface area contributed by atoms with Crippen LogP contribution in [-0.2, 0) is 20.7 Å². The molecule has 0 bridgehead atoms. The van der Waals surface area contributed by atoms with Crippen molar-refractivity contribution in [1.29, 1.82) is 0 Å². The van der Waals surface area contributed by atoms with Crippen LogP contribution in [0.3, 0.4) is 0 Å². The molecule has 4 rings (SSSR count). The number of ether oxygens (including phenoxy) is 2.